The second-order valence-electron chi connectivity index (χ2n) is 6.03. The first-order valence-corrected chi connectivity index (χ1v) is 12.3. The monoisotopic (exact) mass is 458 g/mol. The summed E-state index contributed by atoms with van der Waals surface area (Å²) in [5, 5.41) is 10.9. The predicted octanol–water partition coefficient (Wildman–Crippen LogP) is 2.60. The molecule has 28 heavy (non-hydrogen) atoms. The molecule has 3 rings (SSSR count). The van der Waals surface area contributed by atoms with Gasteiger partial charge in [-0.3, -0.25) is 10.1 Å². The minimum Gasteiger partial charge on any atom is -0.299 e. The van der Waals surface area contributed by atoms with Gasteiger partial charge in [-0.1, -0.05) is 49.9 Å². The lowest BCUT2D eigenvalue weighted by Gasteiger charge is -2.21. The van der Waals surface area contributed by atoms with Crippen LogP contribution in [0.5, 0.6) is 0 Å². The van der Waals surface area contributed by atoms with Crippen molar-refractivity contribution in [2.45, 2.75) is 36.0 Å². The van der Waals surface area contributed by atoms with Crippen LogP contribution in [0.3, 0.4) is 0 Å². The van der Waals surface area contributed by atoms with Crippen molar-refractivity contribution in [3.63, 3.8) is 0 Å². The van der Waals surface area contributed by atoms with Crippen LogP contribution < -0.4 is 10.0 Å². The van der Waals surface area contributed by atoms with Crippen molar-refractivity contribution in [1.29, 1.82) is 0 Å². The van der Waals surface area contributed by atoms with E-state index in [-0.39, 0.29) is 16.3 Å². The highest BCUT2D eigenvalue weighted by atomic mass is 32.2. The van der Waals surface area contributed by atoms with Crippen molar-refractivity contribution < 1.29 is 13.2 Å². The zero-order chi connectivity index (χ0) is 20.3. The topological polar surface area (TPSA) is 127 Å². The molecule has 1 amide bonds. The van der Waals surface area contributed by atoms with Crippen LogP contribution in [0.4, 0.5) is 5.13 Å². The minimum absolute atomic E-state index is 0.00486. The van der Waals surface area contributed by atoms with Crippen molar-refractivity contribution in [2.75, 3.05) is 11.1 Å². The molecule has 0 aliphatic rings. The third kappa shape index (κ3) is 4.66. The Morgan fingerprint density at radius 3 is 2.75 bits per heavy atom. The largest absolute Gasteiger partial charge is 0.299 e. The van der Waals surface area contributed by atoms with Crippen LogP contribution in [0.15, 0.2) is 27.4 Å². The van der Waals surface area contributed by atoms with Crippen molar-refractivity contribution in [1.82, 2.24) is 23.7 Å². The maximum Gasteiger partial charge on any atom is 0.244 e. The standard InChI is InChI=1S/C15H18N6O3S4/c1-4-25-15-18-17-14(26-15)16-13(22)11(8(2)3)21-28(23,24)10-7-5-6-9-12(10)20-27-19-9/h5-8,11,21H,4H2,1-3H3,(H,16,17,22)/t11-/m1/s1. The number of sulfonamides is 1. The van der Waals surface area contributed by atoms with E-state index in [0.29, 0.717) is 10.6 Å². The predicted molar refractivity (Wildman–Crippen MR) is 111 cm³/mol. The summed E-state index contributed by atoms with van der Waals surface area (Å²) >= 11 is 3.70. The number of amides is 1. The lowest BCUT2D eigenvalue weighted by Crippen LogP contribution is -2.47. The highest BCUT2D eigenvalue weighted by Gasteiger charge is 2.30. The van der Waals surface area contributed by atoms with Gasteiger partial charge in [0.05, 0.1) is 11.7 Å². The third-order valence-corrected chi connectivity index (χ3v) is 7.54. The van der Waals surface area contributed by atoms with Gasteiger partial charge in [-0.2, -0.15) is 13.5 Å². The second kappa shape index (κ2) is 8.78. The van der Waals surface area contributed by atoms with Gasteiger partial charge < -0.3 is 0 Å². The molecule has 2 heterocycles. The quantitative estimate of drug-likeness (QED) is 0.389. The number of benzene rings is 1. The van der Waals surface area contributed by atoms with E-state index in [4.69, 9.17) is 0 Å². The first-order valence-electron chi connectivity index (χ1n) is 8.32. The zero-order valence-electron chi connectivity index (χ0n) is 15.2. The first kappa shape index (κ1) is 21.0. The molecule has 3 aromatic rings. The molecule has 2 aromatic heterocycles. The number of carbonyl (C=O) groups is 1. The van der Waals surface area contributed by atoms with Gasteiger partial charge in [-0.05, 0) is 23.8 Å². The number of hydrogen-bond acceptors (Lipinski definition) is 10. The van der Waals surface area contributed by atoms with Crippen LogP contribution >= 0.6 is 34.8 Å². The Hall–Kier alpha value is -1.67. The molecule has 0 saturated heterocycles. The van der Waals surface area contributed by atoms with Crippen molar-refractivity contribution >= 4 is 66.9 Å². The molecule has 1 atom stereocenters. The first-order chi connectivity index (χ1) is 13.3. The number of aromatic nitrogens is 4. The molecule has 0 fully saturated rings. The van der Waals surface area contributed by atoms with E-state index in [1.807, 2.05) is 6.92 Å². The summed E-state index contributed by atoms with van der Waals surface area (Å²) in [7, 11) is -3.99. The summed E-state index contributed by atoms with van der Waals surface area (Å²) in [6.45, 7) is 5.51. The number of nitrogens with one attached hydrogen (secondary N) is 2. The van der Waals surface area contributed by atoms with E-state index in [9.17, 15) is 13.2 Å². The highest BCUT2D eigenvalue weighted by Crippen LogP contribution is 2.26. The third-order valence-electron chi connectivity index (χ3n) is 3.67. The number of rotatable bonds is 8. The van der Waals surface area contributed by atoms with E-state index in [1.54, 1.807) is 26.0 Å². The van der Waals surface area contributed by atoms with Crippen LogP contribution in [0, 0.1) is 5.92 Å². The molecule has 150 valence electrons. The van der Waals surface area contributed by atoms with Crippen molar-refractivity contribution in [3.05, 3.63) is 18.2 Å². The highest BCUT2D eigenvalue weighted by molar-refractivity contribution is 8.01. The van der Waals surface area contributed by atoms with Crippen molar-refractivity contribution in [2.24, 2.45) is 5.92 Å². The molecule has 0 bridgehead atoms. The van der Waals surface area contributed by atoms with Crippen LogP contribution in [-0.4, -0.2) is 45.1 Å². The molecule has 9 nitrogen and oxygen atoms in total. The van der Waals surface area contributed by atoms with E-state index in [0.717, 1.165) is 21.8 Å². The van der Waals surface area contributed by atoms with E-state index >= 15 is 0 Å². The fraction of sp³-hybridized carbons (Fsp3) is 0.400. The van der Waals surface area contributed by atoms with Crippen LogP contribution in [0.1, 0.15) is 20.8 Å². The van der Waals surface area contributed by atoms with Gasteiger partial charge >= 0.3 is 0 Å². The summed E-state index contributed by atoms with van der Waals surface area (Å²) in [5.41, 5.74) is 0.779. The number of carbonyl (C=O) groups excluding carboxylic acids is 1. The molecule has 13 heteroatoms. The van der Waals surface area contributed by atoms with Gasteiger partial charge in [-0.15, -0.1) is 10.2 Å². The summed E-state index contributed by atoms with van der Waals surface area (Å²) < 4.78 is 37.2. The van der Waals surface area contributed by atoms with Crippen LogP contribution in [0.2, 0.25) is 0 Å². The summed E-state index contributed by atoms with van der Waals surface area (Å²) in [6, 6.07) is 3.74. The smallest absolute Gasteiger partial charge is 0.244 e. The fourth-order valence-electron chi connectivity index (χ4n) is 2.35. The lowest BCUT2D eigenvalue weighted by molar-refractivity contribution is -0.118. The molecule has 0 radical (unpaired) electrons. The molecular weight excluding hydrogens is 440 g/mol. The summed E-state index contributed by atoms with van der Waals surface area (Å²) in [5.74, 6) is 0.0555. The average molecular weight is 459 g/mol. The number of thioether (sulfide) groups is 1. The molecule has 0 spiro atoms. The summed E-state index contributed by atoms with van der Waals surface area (Å²) in [4.78, 5) is 12.7. The van der Waals surface area contributed by atoms with Gasteiger partial charge in [0.1, 0.15) is 22.0 Å². The van der Waals surface area contributed by atoms with E-state index < -0.39 is 22.0 Å². The molecule has 0 unspecified atom stereocenters. The average Bonchev–Trinajstić information content (AvgIpc) is 3.28. The number of fused-ring (bicyclic) bond motifs is 1. The minimum atomic E-state index is -3.99. The maximum atomic E-state index is 12.9. The van der Waals surface area contributed by atoms with Gasteiger partial charge in [0.25, 0.3) is 0 Å². The van der Waals surface area contributed by atoms with Crippen molar-refractivity contribution in [3.8, 4) is 0 Å². The molecule has 2 N–H and O–H groups in total. The van der Waals surface area contributed by atoms with Gasteiger partial charge in [0.15, 0.2) is 4.34 Å². The fourth-order valence-corrected chi connectivity index (χ4v) is 6.11. The Kier molecular flexibility index (Phi) is 6.60. The number of nitrogens with zero attached hydrogens (tertiary/aromatic N) is 4. The molecular formula is C15H18N6O3S4. The summed E-state index contributed by atoms with van der Waals surface area (Å²) in [6.07, 6.45) is 0. The Bertz CT molecular complexity index is 1080. The molecule has 0 saturated carbocycles. The maximum absolute atomic E-state index is 12.9. The normalized spacial score (nSPS) is 13.1. The van der Waals surface area contributed by atoms with Crippen LogP contribution in [-0.2, 0) is 14.8 Å². The zero-order valence-corrected chi connectivity index (χ0v) is 18.5. The van der Waals surface area contributed by atoms with E-state index in [1.165, 1.54) is 29.2 Å². The Morgan fingerprint density at radius 2 is 2.04 bits per heavy atom. The molecule has 0 aliphatic heterocycles. The molecule has 1 aromatic carbocycles. The Balaban J connectivity index is 1.81. The number of hydrogen-bond donors (Lipinski definition) is 2. The van der Waals surface area contributed by atoms with Gasteiger partial charge in [0.2, 0.25) is 21.1 Å². The SMILES string of the molecule is CCSc1nnc(NC(=O)[C@H](NS(=O)(=O)c2cccc3nsnc23)C(C)C)s1. The molecule has 0 aliphatic carbocycles. The van der Waals surface area contributed by atoms with Gasteiger partial charge in [-0.25, -0.2) is 8.42 Å². The second-order valence-corrected chi connectivity index (χ2v) is 10.7. The van der Waals surface area contributed by atoms with E-state index in [2.05, 4.69) is 29.0 Å². The van der Waals surface area contributed by atoms with Gasteiger partial charge in [0, 0.05) is 0 Å². The number of anilines is 1. The Morgan fingerprint density at radius 1 is 1.25 bits per heavy atom. The lowest BCUT2D eigenvalue weighted by atomic mass is 10.1. The Labute approximate surface area is 174 Å². The van der Waals surface area contributed by atoms with Crippen LogP contribution in [0.25, 0.3) is 11.0 Å².